The fourth-order valence-electron chi connectivity index (χ4n) is 1.50. The van der Waals surface area contributed by atoms with Gasteiger partial charge in [0.15, 0.2) is 15.5 Å². The molecule has 0 aliphatic rings. The van der Waals surface area contributed by atoms with Crippen molar-refractivity contribution in [2.45, 2.75) is 5.75 Å². The zero-order valence-corrected chi connectivity index (χ0v) is 10.7. The van der Waals surface area contributed by atoms with Gasteiger partial charge in [0.2, 0.25) is 0 Å². The zero-order chi connectivity index (χ0) is 12.6. The van der Waals surface area contributed by atoms with Crippen LogP contribution in [0.4, 0.5) is 5.82 Å². The maximum Gasteiger partial charge on any atom is 0.179 e. The van der Waals surface area contributed by atoms with Gasteiger partial charge in [-0.25, -0.2) is 18.4 Å². The highest BCUT2D eigenvalue weighted by molar-refractivity contribution is 7.89. The van der Waals surface area contributed by atoms with Crippen LogP contribution >= 0.6 is 0 Å². The first kappa shape index (κ1) is 11.8. The molecule has 0 aliphatic heterocycles. The molecule has 2 rings (SSSR count). The molecule has 0 saturated carbocycles. The van der Waals surface area contributed by atoms with Crippen LogP contribution in [0.5, 0.6) is 0 Å². The molecule has 2 heterocycles. The molecule has 0 atom stereocenters. The van der Waals surface area contributed by atoms with Crippen molar-refractivity contribution in [3.05, 3.63) is 18.0 Å². The van der Waals surface area contributed by atoms with Crippen LogP contribution in [0.15, 0.2) is 12.1 Å². The van der Waals surface area contributed by atoms with E-state index in [1.54, 1.807) is 0 Å². The van der Waals surface area contributed by atoms with Crippen molar-refractivity contribution < 1.29 is 8.42 Å². The lowest BCUT2D eigenvalue weighted by Gasteiger charge is -2.09. The van der Waals surface area contributed by atoms with E-state index in [-0.39, 0.29) is 5.75 Å². The van der Waals surface area contributed by atoms with E-state index in [0.29, 0.717) is 11.5 Å². The summed E-state index contributed by atoms with van der Waals surface area (Å²) in [6, 6.07) is 3.70. The summed E-state index contributed by atoms with van der Waals surface area (Å²) in [5, 5.41) is 0. The van der Waals surface area contributed by atoms with Crippen molar-refractivity contribution in [2.24, 2.45) is 0 Å². The van der Waals surface area contributed by atoms with Gasteiger partial charge in [-0.3, -0.25) is 0 Å². The van der Waals surface area contributed by atoms with Crippen LogP contribution in [-0.2, 0) is 15.6 Å². The molecule has 0 bridgehead atoms. The molecule has 92 valence electrons. The van der Waals surface area contributed by atoms with Gasteiger partial charge in [-0.1, -0.05) is 0 Å². The Morgan fingerprint density at radius 1 is 1.29 bits per heavy atom. The second-order valence-electron chi connectivity index (χ2n) is 4.19. The number of hydrogen-bond donors (Lipinski definition) is 1. The van der Waals surface area contributed by atoms with Crippen molar-refractivity contribution in [2.75, 3.05) is 25.3 Å². The van der Waals surface area contributed by atoms with Crippen molar-refractivity contribution in [1.29, 1.82) is 0 Å². The van der Waals surface area contributed by atoms with Crippen molar-refractivity contribution >= 4 is 26.8 Å². The van der Waals surface area contributed by atoms with Crippen molar-refractivity contribution in [1.82, 2.24) is 15.0 Å². The monoisotopic (exact) mass is 254 g/mol. The third kappa shape index (κ3) is 2.73. The van der Waals surface area contributed by atoms with Gasteiger partial charge in [-0.2, -0.15) is 0 Å². The molecule has 0 fully saturated rings. The van der Waals surface area contributed by atoms with Gasteiger partial charge in [0, 0.05) is 20.4 Å². The predicted molar refractivity (Wildman–Crippen MR) is 66.8 cm³/mol. The van der Waals surface area contributed by atoms with E-state index in [9.17, 15) is 8.42 Å². The highest BCUT2D eigenvalue weighted by Gasteiger charge is 2.10. The molecule has 0 saturated heterocycles. The first-order valence-corrected chi connectivity index (χ1v) is 7.12. The Morgan fingerprint density at radius 3 is 2.59 bits per heavy atom. The standard InChI is InChI=1S/C10H14N4O2S/c1-14(2)9-5-4-7-10(13-9)12-8(11-7)6-17(3,15)16/h4-5H,6H2,1-3H3,(H,11,12,13). The molecule has 2 aromatic heterocycles. The summed E-state index contributed by atoms with van der Waals surface area (Å²) in [6.07, 6.45) is 1.18. The Labute approximate surface area is 99.6 Å². The average molecular weight is 254 g/mol. The minimum Gasteiger partial charge on any atom is -0.363 e. The number of sulfone groups is 1. The summed E-state index contributed by atoms with van der Waals surface area (Å²) >= 11 is 0. The number of nitrogens with zero attached hydrogens (tertiary/aromatic N) is 3. The van der Waals surface area contributed by atoms with E-state index in [4.69, 9.17) is 0 Å². The number of anilines is 1. The number of fused-ring (bicyclic) bond motifs is 1. The molecule has 6 nitrogen and oxygen atoms in total. The Morgan fingerprint density at radius 2 is 2.00 bits per heavy atom. The van der Waals surface area contributed by atoms with Gasteiger partial charge in [-0.05, 0) is 12.1 Å². The lowest BCUT2D eigenvalue weighted by atomic mass is 10.4. The van der Waals surface area contributed by atoms with E-state index < -0.39 is 9.84 Å². The highest BCUT2D eigenvalue weighted by Crippen LogP contribution is 2.15. The molecular weight excluding hydrogens is 240 g/mol. The van der Waals surface area contributed by atoms with Crippen LogP contribution in [0.3, 0.4) is 0 Å². The van der Waals surface area contributed by atoms with Crippen LogP contribution in [0.25, 0.3) is 11.2 Å². The van der Waals surface area contributed by atoms with Gasteiger partial charge < -0.3 is 9.88 Å². The summed E-state index contributed by atoms with van der Waals surface area (Å²) in [7, 11) is 0.691. The summed E-state index contributed by atoms with van der Waals surface area (Å²) in [6.45, 7) is 0. The minimum atomic E-state index is -3.08. The summed E-state index contributed by atoms with van der Waals surface area (Å²) in [5.41, 5.74) is 1.28. The largest absolute Gasteiger partial charge is 0.363 e. The fraction of sp³-hybridized carbons (Fsp3) is 0.400. The minimum absolute atomic E-state index is 0.0966. The number of aromatic amines is 1. The lowest BCUT2D eigenvalue weighted by molar-refractivity contribution is 0.600. The molecular formula is C10H14N4O2S. The van der Waals surface area contributed by atoms with Crippen LogP contribution in [0, 0.1) is 0 Å². The third-order valence-electron chi connectivity index (χ3n) is 2.24. The van der Waals surface area contributed by atoms with Crippen molar-refractivity contribution in [3.63, 3.8) is 0 Å². The molecule has 0 spiro atoms. The Kier molecular flexibility index (Phi) is 2.78. The van der Waals surface area contributed by atoms with Gasteiger partial charge >= 0.3 is 0 Å². The van der Waals surface area contributed by atoms with E-state index in [0.717, 1.165) is 11.3 Å². The molecule has 17 heavy (non-hydrogen) atoms. The van der Waals surface area contributed by atoms with E-state index in [2.05, 4.69) is 15.0 Å². The normalized spacial score (nSPS) is 11.9. The smallest absolute Gasteiger partial charge is 0.179 e. The Hall–Kier alpha value is -1.63. The molecule has 1 N–H and O–H groups in total. The first-order chi connectivity index (χ1) is 7.85. The van der Waals surface area contributed by atoms with E-state index in [1.165, 1.54) is 6.26 Å². The zero-order valence-electron chi connectivity index (χ0n) is 9.93. The molecule has 0 radical (unpaired) electrons. The molecule has 0 aromatic carbocycles. The van der Waals surface area contributed by atoms with Gasteiger partial charge in [-0.15, -0.1) is 0 Å². The molecule has 0 amide bonds. The SMILES string of the molecule is CN(C)c1ccc2[nH]c(CS(C)(=O)=O)nc2n1. The van der Waals surface area contributed by atoms with Crippen LogP contribution < -0.4 is 4.90 Å². The molecule has 2 aromatic rings. The van der Waals surface area contributed by atoms with Crippen LogP contribution in [0.2, 0.25) is 0 Å². The summed E-state index contributed by atoms with van der Waals surface area (Å²) in [5.74, 6) is 1.11. The number of nitrogens with one attached hydrogen (secondary N) is 1. The quantitative estimate of drug-likeness (QED) is 0.866. The maximum atomic E-state index is 11.2. The van der Waals surface area contributed by atoms with E-state index >= 15 is 0 Å². The molecule has 0 unspecified atom stereocenters. The molecule has 0 aliphatic carbocycles. The average Bonchev–Trinajstić information content (AvgIpc) is 2.54. The summed E-state index contributed by atoms with van der Waals surface area (Å²) < 4.78 is 22.3. The van der Waals surface area contributed by atoms with Crippen LogP contribution in [-0.4, -0.2) is 43.7 Å². The number of rotatable bonds is 3. The first-order valence-electron chi connectivity index (χ1n) is 5.06. The topological polar surface area (TPSA) is 79.0 Å². The van der Waals surface area contributed by atoms with Crippen molar-refractivity contribution in [3.8, 4) is 0 Å². The molecule has 7 heteroatoms. The predicted octanol–water partition coefficient (Wildman–Crippen LogP) is 0.569. The van der Waals surface area contributed by atoms with E-state index in [1.807, 2.05) is 31.1 Å². The number of H-pyrrole nitrogens is 1. The second kappa shape index (κ2) is 3.99. The Bertz CT molecular complexity index is 645. The maximum absolute atomic E-state index is 11.2. The number of hydrogen-bond acceptors (Lipinski definition) is 5. The summed E-state index contributed by atoms with van der Waals surface area (Å²) in [4.78, 5) is 13.3. The van der Waals surface area contributed by atoms with Crippen LogP contribution in [0.1, 0.15) is 5.82 Å². The highest BCUT2D eigenvalue weighted by atomic mass is 32.2. The second-order valence-corrected chi connectivity index (χ2v) is 6.33. The Balaban J connectivity index is 2.44. The van der Waals surface area contributed by atoms with Gasteiger partial charge in [0.05, 0.1) is 5.52 Å². The van der Waals surface area contributed by atoms with Gasteiger partial charge in [0.1, 0.15) is 17.4 Å². The number of aromatic nitrogens is 3. The fourth-order valence-corrected chi connectivity index (χ4v) is 2.13. The number of imidazole rings is 1. The lowest BCUT2D eigenvalue weighted by Crippen LogP contribution is -2.10. The third-order valence-corrected chi connectivity index (χ3v) is 3.04. The number of pyridine rings is 1. The van der Waals surface area contributed by atoms with Gasteiger partial charge in [0.25, 0.3) is 0 Å².